The summed E-state index contributed by atoms with van der Waals surface area (Å²) >= 11 is 0. The molecule has 2 aromatic carbocycles. The Labute approximate surface area is 177 Å². The second kappa shape index (κ2) is 9.59. The van der Waals surface area contributed by atoms with Crippen LogP contribution in [0, 0.1) is 0 Å². The van der Waals surface area contributed by atoms with Crippen molar-refractivity contribution in [3.8, 4) is 22.7 Å². The van der Waals surface area contributed by atoms with Crippen molar-refractivity contribution in [3.05, 3.63) is 66.4 Å². The lowest BCUT2D eigenvalue weighted by Gasteiger charge is -2.26. The SMILES string of the molecule is COc1ccc(-n2nc(-c3ccccc3)cc2C(=O)NCCN2CCCCC2)cc1. The number of methoxy groups -OCH3 is 1. The van der Waals surface area contributed by atoms with Gasteiger partial charge < -0.3 is 15.0 Å². The van der Waals surface area contributed by atoms with Gasteiger partial charge in [0.1, 0.15) is 11.4 Å². The van der Waals surface area contributed by atoms with E-state index >= 15 is 0 Å². The van der Waals surface area contributed by atoms with E-state index in [-0.39, 0.29) is 5.91 Å². The Morgan fingerprint density at radius 1 is 1.03 bits per heavy atom. The monoisotopic (exact) mass is 404 g/mol. The summed E-state index contributed by atoms with van der Waals surface area (Å²) in [6, 6.07) is 19.3. The maximum atomic E-state index is 13.0. The first-order chi connectivity index (χ1) is 14.7. The van der Waals surface area contributed by atoms with Crippen LogP contribution in [0.5, 0.6) is 5.75 Å². The Balaban J connectivity index is 1.56. The number of hydrogen-bond donors (Lipinski definition) is 1. The number of likely N-dealkylation sites (tertiary alicyclic amines) is 1. The van der Waals surface area contributed by atoms with E-state index in [2.05, 4.69) is 10.2 Å². The highest BCUT2D eigenvalue weighted by Gasteiger charge is 2.18. The largest absolute Gasteiger partial charge is 0.497 e. The van der Waals surface area contributed by atoms with Crippen LogP contribution >= 0.6 is 0 Å². The molecule has 6 heteroatoms. The van der Waals surface area contributed by atoms with E-state index in [0.717, 1.165) is 42.3 Å². The fourth-order valence-electron chi connectivity index (χ4n) is 3.81. The number of nitrogens with one attached hydrogen (secondary N) is 1. The summed E-state index contributed by atoms with van der Waals surface area (Å²) in [5.74, 6) is 0.652. The van der Waals surface area contributed by atoms with Crippen LogP contribution in [0.25, 0.3) is 16.9 Å². The molecule has 0 aliphatic carbocycles. The van der Waals surface area contributed by atoms with Crippen molar-refractivity contribution in [1.82, 2.24) is 20.0 Å². The molecule has 4 rings (SSSR count). The van der Waals surface area contributed by atoms with Gasteiger partial charge in [-0.3, -0.25) is 4.79 Å². The minimum atomic E-state index is -0.113. The fraction of sp³-hybridized carbons (Fsp3) is 0.333. The van der Waals surface area contributed by atoms with E-state index in [0.29, 0.717) is 12.2 Å². The summed E-state index contributed by atoms with van der Waals surface area (Å²) in [4.78, 5) is 15.4. The van der Waals surface area contributed by atoms with Crippen LogP contribution in [0.3, 0.4) is 0 Å². The van der Waals surface area contributed by atoms with Crippen molar-refractivity contribution >= 4 is 5.91 Å². The molecule has 0 spiro atoms. The Morgan fingerprint density at radius 2 is 1.77 bits per heavy atom. The van der Waals surface area contributed by atoms with Crippen molar-refractivity contribution < 1.29 is 9.53 Å². The van der Waals surface area contributed by atoms with Crippen LogP contribution < -0.4 is 10.1 Å². The number of rotatable bonds is 7. The van der Waals surface area contributed by atoms with E-state index in [9.17, 15) is 4.79 Å². The molecular weight excluding hydrogens is 376 g/mol. The maximum absolute atomic E-state index is 13.0. The number of hydrogen-bond acceptors (Lipinski definition) is 4. The first-order valence-corrected chi connectivity index (χ1v) is 10.5. The predicted octanol–water partition coefficient (Wildman–Crippen LogP) is 3.76. The lowest BCUT2D eigenvalue weighted by molar-refractivity contribution is 0.0939. The highest BCUT2D eigenvalue weighted by atomic mass is 16.5. The topological polar surface area (TPSA) is 59.4 Å². The molecular formula is C24H28N4O2. The predicted molar refractivity (Wildman–Crippen MR) is 118 cm³/mol. The number of nitrogens with zero attached hydrogens (tertiary/aromatic N) is 3. The van der Waals surface area contributed by atoms with Gasteiger partial charge in [-0.1, -0.05) is 36.8 Å². The summed E-state index contributed by atoms with van der Waals surface area (Å²) in [7, 11) is 1.64. The van der Waals surface area contributed by atoms with Crippen LogP contribution in [0.15, 0.2) is 60.7 Å². The third kappa shape index (κ3) is 4.71. The third-order valence-electron chi connectivity index (χ3n) is 5.49. The second-order valence-electron chi connectivity index (χ2n) is 7.55. The van der Waals surface area contributed by atoms with Gasteiger partial charge in [-0.05, 0) is 56.3 Å². The molecule has 3 aromatic rings. The molecule has 0 unspecified atom stereocenters. The average molecular weight is 405 g/mol. The van der Waals surface area contributed by atoms with Crippen LogP contribution in [0.1, 0.15) is 29.8 Å². The molecule has 0 radical (unpaired) electrons. The number of piperidine rings is 1. The van der Waals surface area contributed by atoms with E-state index in [4.69, 9.17) is 9.84 Å². The fourth-order valence-corrected chi connectivity index (χ4v) is 3.81. The molecule has 0 bridgehead atoms. The van der Waals surface area contributed by atoms with Crippen molar-refractivity contribution in [3.63, 3.8) is 0 Å². The number of aromatic nitrogens is 2. The lowest BCUT2D eigenvalue weighted by atomic mass is 10.1. The zero-order valence-corrected chi connectivity index (χ0v) is 17.4. The molecule has 2 heterocycles. The van der Waals surface area contributed by atoms with Gasteiger partial charge in [0.05, 0.1) is 18.5 Å². The summed E-state index contributed by atoms with van der Waals surface area (Å²) in [5.41, 5.74) is 3.09. The molecule has 1 amide bonds. The van der Waals surface area contributed by atoms with Crippen molar-refractivity contribution in [2.75, 3.05) is 33.3 Å². The van der Waals surface area contributed by atoms with Gasteiger partial charge in [-0.25, -0.2) is 4.68 Å². The first kappa shape index (κ1) is 20.2. The molecule has 30 heavy (non-hydrogen) atoms. The van der Waals surface area contributed by atoms with Crippen LogP contribution in [-0.4, -0.2) is 53.9 Å². The number of ether oxygens (including phenoxy) is 1. The van der Waals surface area contributed by atoms with E-state index in [1.807, 2.05) is 60.7 Å². The smallest absolute Gasteiger partial charge is 0.270 e. The number of benzene rings is 2. The summed E-state index contributed by atoms with van der Waals surface area (Å²) < 4.78 is 6.96. The van der Waals surface area contributed by atoms with Gasteiger partial charge in [-0.2, -0.15) is 5.10 Å². The Bertz CT molecular complexity index is 961. The molecule has 1 aliphatic heterocycles. The average Bonchev–Trinajstić information content (AvgIpc) is 3.26. The second-order valence-corrected chi connectivity index (χ2v) is 7.55. The Morgan fingerprint density at radius 3 is 2.47 bits per heavy atom. The number of carbonyl (C=O) groups is 1. The van der Waals surface area contributed by atoms with Gasteiger partial charge in [-0.15, -0.1) is 0 Å². The zero-order valence-electron chi connectivity index (χ0n) is 17.4. The summed E-state index contributed by atoms with van der Waals surface area (Å²) in [6.07, 6.45) is 3.81. The van der Waals surface area contributed by atoms with Gasteiger partial charge in [0.25, 0.3) is 5.91 Å². The molecule has 1 aromatic heterocycles. The highest BCUT2D eigenvalue weighted by Crippen LogP contribution is 2.23. The molecule has 156 valence electrons. The normalized spacial score (nSPS) is 14.4. The van der Waals surface area contributed by atoms with Crippen molar-refractivity contribution in [1.29, 1.82) is 0 Å². The molecule has 6 nitrogen and oxygen atoms in total. The van der Waals surface area contributed by atoms with Crippen molar-refractivity contribution in [2.24, 2.45) is 0 Å². The molecule has 1 N–H and O–H groups in total. The van der Waals surface area contributed by atoms with Gasteiger partial charge in [0.15, 0.2) is 0 Å². The number of carbonyl (C=O) groups excluding carboxylic acids is 1. The summed E-state index contributed by atoms with van der Waals surface area (Å²) in [6.45, 7) is 3.76. The minimum Gasteiger partial charge on any atom is -0.497 e. The number of amides is 1. The standard InChI is InChI=1S/C24H28N4O2/c1-30-21-12-10-20(11-13-21)28-23(18-22(26-28)19-8-4-2-5-9-19)24(29)25-14-17-27-15-6-3-7-16-27/h2,4-5,8-13,18H,3,6-7,14-17H2,1H3,(H,25,29). The Kier molecular flexibility index (Phi) is 6.44. The van der Waals surface area contributed by atoms with Gasteiger partial charge in [0, 0.05) is 18.7 Å². The summed E-state index contributed by atoms with van der Waals surface area (Å²) in [5, 5.41) is 7.81. The van der Waals surface area contributed by atoms with Gasteiger partial charge in [0.2, 0.25) is 0 Å². The van der Waals surface area contributed by atoms with E-state index in [1.165, 1.54) is 19.3 Å². The molecule has 1 saturated heterocycles. The van der Waals surface area contributed by atoms with E-state index < -0.39 is 0 Å². The molecule has 1 aliphatic rings. The van der Waals surface area contributed by atoms with E-state index in [1.54, 1.807) is 11.8 Å². The molecule has 0 saturated carbocycles. The van der Waals surface area contributed by atoms with Crippen LogP contribution in [-0.2, 0) is 0 Å². The molecule has 1 fully saturated rings. The quantitative estimate of drug-likeness (QED) is 0.651. The van der Waals surface area contributed by atoms with Crippen LogP contribution in [0.2, 0.25) is 0 Å². The lowest BCUT2D eigenvalue weighted by Crippen LogP contribution is -2.38. The Hall–Kier alpha value is -3.12. The third-order valence-corrected chi connectivity index (χ3v) is 5.49. The maximum Gasteiger partial charge on any atom is 0.270 e. The molecule has 0 atom stereocenters. The van der Waals surface area contributed by atoms with Crippen molar-refractivity contribution in [2.45, 2.75) is 19.3 Å². The zero-order chi connectivity index (χ0) is 20.8. The van der Waals surface area contributed by atoms with Crippen LogP contribution in [0.4, 0.5) is 0 Å². The highest BCUT2D eigenvalue weighted by molar-refractivity contribution is 5.94. The van der Waals surface area contributed by atoms with Gasteiger partial charge >= 0.3 is 0 Å². The first-order valence-electron chi connectivity index (χ1n) is 10.5. The minimum absolute atomic E-state index is 0.113.